The number of halogens is 3. The number of nitrogens with two attached hydrogens (primary N) is 1. The summed E-state index contributed by atoms with van der Waals surface area (Å²) in [5.41, 5.74) is 4.39. The number of rotatable bonds is 4. The number of alkyl halides is 3. The molecule has 0 radical (unpaired) electrons. The summed E-state index contributed by atoms with van der Waals surface area (Å²) in [7, 11) is 0. The van der Waals surface area contributed by atoms with E-state index in [9.17, 15) is 18.0 Å². The van der Waals surface area contributed by atoms with Crippen LogP contribution in [0.4, 0.5) is 13.2 Å². The molecule has 0 bridgehead atoms. The lowest BCUT2D eigenvalue weighted by Gasteiger charge is -2.12. The molecule has 0 saturated heterocycles. The van der Waals surface area contributed by atoms with E-state index < -0.39 is 17.6 Å². The number of pyridine rings is 1. The molecule has 0 aliphatic carbocycles. The van der Waals surface area contributed by atoms with E-state index in [0.29, 0.717) is 19.2 Å². The number of carbonyl (C=O) groups is 1. The highest BCUT2D eigenvalue weighted by molar-refractivity contribution is 5.92. The number of aromatic nitrogens is 1. The third kappa shape index (κ3) is 3.99. The molecule has 0 aliphatic rings. The number of nitrogens with zero attached hydrogens (tertiary/aromatic N) is 1. The van der Waals surface area contributed by atoms with E-state index in [1.165, 1.54) is 0 Å². The molecule has 1 unspecified atom stereocenters. The van der Waals surface area contributed by atoms with Crippen LogP contribution in [0.5, 0.6) is 0 Å². The van der Waals surface area contributed by atoms with Crippen molar-refractivity contribution in [1.29, 1.82) is 0 Å². The van der Waals surface area contributed by atoms with Crippen LogP contribution in [-0.2, 0) is 6.18 Å². The van der Waals surface area contributed by atoms with E-state index in [2.05, 4.69) is 10.3 Å². The molecule has 3 N–H and O–H groups in total. The number of hydrogen-bond acceptors (Lipinski definition) is 3. The lowest BCUT2D eigenvalue weighted by Crippen LogP contribution is -2.34. The third-order valence-corrected chi connectivity index (χ3v) is 2.30. The van der Waals surface area contributed by atoms with Gasteiger partial charge in [-0.05, 0) is 32.0 Å². The van der Waals surface area contributed by atoms with Crippen molar-refractivity contribution < 1.29 is 18.0 Å². The maximum absolute atomic E-state index is 12.3. The molecule has 4 nitrogen and oxygen atoms in total. The molecule has 18 heavy (non-hydrogen) atoms. The van der Waals surface area contributed by atoms with Crippen molar-refractivity contribution in [2.75, 3.05) is 6.54 Å². The Morgan fingerprint density at radius 2 is 2.17 bits per heavy atom. The van der Waals surface area contributed by atoms with Gasteiger partial charge >= 0.3 is 6.18 Å². The van der Waals surface area contributed by atoms with Crippen molar-refractivity contribution in [3.8, 4) is 0 Å². The molecule has 1 aromatic heterocycles. The van der Waals surface area contributed by atoms with Gasteiger partial charge in [0.15, 0.2) is 0 Å². The highest BCUT2D eigenvalue weighted by atomic mass is 19.4. The summed E-state index contributed by atoms with van der Waals surface area (Å²) < 4.78 is 36.8. The summed E-state index contributed by atoms with van der Waals surface area (Å²) in [6.45, 7) is 2.18. The van der Waals surface area contributed by atoms with E-state index in [-0.39, 0.29) is 11.7 Å². The number of nitrogens with one attached hydrogen (secondary N) is 1. The molecule has 1 atom stereocenters. The normalized spacial score (nSPS) is 13.2. The average molecular weight is 261 g/mol. The Morgan fingerprint density at radius 1 is 1.50 bits per heavy atom. The first-order valence-corrected chi connectivity index (χ1v) is 5.38. The Bertz CT molecular complexity index is 403. The zero-order valence-electron chi connectivity index (χ0n) is 9.79. The van der Waals surface area contributed by atoms with E-state index in [4.69, 9.17) is 5.73 Å². The molecule has 1 heterocycles. The van der Waals surface area contributed by atoms with Gasteiger partial charge in [-0.15, -0.1) is 0 Å². The van der Waals surface area contributed by atoms with Gasteiger partial charge in [-0.2, -0.15) is 13.2 Å². The maximum atomic E-state index is 12.3. The zero-order valence-corrected chi connectivity index (χ0v) is 9.79. The largest absolute Gasteiger partial charge is 0.417 e. The van der Waals surface area contributed by atoms with E-state index in [1.807, 2.05) is 0 Å². The van der Waals surface area contributed by atoms with Crippen LogP contribution in [0.25, 0.3) is 0 Å². The van der Waals surface area contributed by atoms with Gasteiger partial charge in [0.05, 0.1) is 5.56 Å². The summed E-state index contributed by atoms with van der Waals surface area (Å²) in [5, 5.41) is 2.59. The summed E-state index contributed by atoms with van der Waals surface area (Å²) in [5.74, 6) is -0.510. The first kappa shape index (κ1) is 14.4. The lowest BCUT2D eigenvalue weighted by molar-refractivity contribution is -0.137. The van der Waals surface area contributed by atoms with Crippen LogP contribution >= 0.6 is 0 Å². The van der Waals surface area contributed by atoms with Crippen molar-refractivity contribution in [3.63, 3.8) is 0 Å². The van der Waals surface area contributed by atoms with Crippen molar-refractivity contribution in [2.45, 2.75) is 25.6 Å². The molecule has 1 rings (SSSR count). The van der Waals surface area contributed by atoms with Crippen LogP contribution in [0, 0.1) is 0 Å². The van der Waals surface area contributed by atoms with Gasteiger partial charge in [0.25, 0.3) is 5.91 Å². The maximum Gasteiger partial charge on any atom is 0.417 e. The van der Waals surface area contributed by atoms with E-state index >= 15 is 0 Å². The molecular formula is C11H14F3N3O. The Hall–Kier alpha value is -1.63. The zero-order chi connectivity index (χ0) is 13.8. The Kier molecular flexibility index (Phi) is 4.66. The SMILES string of the molecule is CC(CCN)NC(=O)c1ccc(C(F)(F)F)cn1. The molecule has 0 aliphatic heterocycles. The first-order valence-electron chi connectivity index (χ1n) is 5.38. The van der Waals surface area contributed by atoms with Gasteiger partial charge in [-0.1, -0.05) is 0 Å². The molecule has 0 fully saturated rings. The van der Waals surface area contributed by atoms with Crippen LogP contribution in [0.3, 0.4) is 0 Å². The van der Waals surface area contributed by atoms with E-state index in [1.54, 1.807) is 6.92 Å². The van der Waals surface area contributed by atoms with Crippen molar-refractivity contribution >= 4 is 5.91 Å². The fourth-order valence-electron chi connectivity index (χ4n) is 1.32. The molecule has 1 aromatic rings. The highest BCUT2D eigenvalue weighted by Gasteiger charge is 2.30. The Morgan fingerprint density at radius 3 is 2.61 bits per heavy atom. The summed E-state index contributed by atoms with van der Waals surface area (Å²) >= 11 is 0. The predicted octanol–water partition coefficient (Wildman–Crippen LogP) is 1.57. The minimum absolute atomic E-state index is 0.0492. The second-order valence-electron chi connectivity index (χ2n) is 3.88. The van der Waals surface area contributed by atoms with E-state index in [0.717, 1.165) is 12.1 Å². The van der Waals surface area contributed by atoms with Crippen LogP contribution in [0.2, 0.25) is 0 Å². The third-order valence-electron chi connectivity index (χ3n) is 2.30. The highest BCUT2D eigenvalue weighted by Crippen LogP contribution is 2.28. The first-order chi connectivity index (χ1) is 8.34. The van der Waals surface area contributed by atoms with Gasteiger partial charge in [0.2, 0.25) is 0 Å². The second-order valence-corrected chi connectivity index (χ2v) is 3.88. The summed E-state index contributed by atoms with van der Waals surface area (Å²) in [6.07, 6.45) is -3.22. The molecule has 1 amide bonds. The number of amides is 1. The summed E-state index contributed by atoms with van der Waals surface area (Å²) in [4.78, 5) is 15.1. The van der Waals surface area contributed by atoms with Gasteiger partial charge in [0, 0.05) is 12.2 Å². The van der Waals surface area contributed by atoms with Gasteiger partial charge in [0.1, 0.15) is 5.69 Å². The molecule has 7 heteroatoms. The predicted molar refractivity (Wildman–Crippen MR) is 59.8 cm³/mol. The summed E-state index contributed by atoms with van der Waals surface area (Å²) in [6, 6.07) is 1.73. The monoisotopic (exact) mass is 261 g/mol. The number of hydrogen-bond donors (Lipinski definition) is 2. The van der Waals surface area contributed by atoms with Crippen LogP contribution in [-0.4, -0.2) is 23.5 Å². The molecule has 0 aromatic carbocycles. The fourth-order valence-corrected chi connectivity index (χ4v) is 1.32. The standard InChI is InChI=1S/C11H14F3N3O/c1-7(4-5-15)17-10(18)9-3-2-8(6-16-9)11(12,13)14/h2-3,6-7H,4-5,15H2,1H3,(H,17,18). The molecular weight excluding hydrogens is 247 g/mol. The van der Waals surface area contributed by atoms with Gasteiger partial charge in [-0.25, -0.2) is 0 Å². The lowest BCUT2D eigenvalue weighted by atomic mass is 10.2. The smallest absolute Gasteiger partial charge is 0.348 e. The minimum atomic E-state index is -4.45. The Labute approximate surface area is 102 Å². The van der Waals surface area contributed by atoms with Crippen molar-refractivity contribution in [3.05, 3.63) is 29.6 Å². The van der Waals surface area contributed by atoms with Gasteiger partial charge in [-0.3, -0.25) is 9.78 Å². The van der Waals surface area contributed by atoms with Crippen LogP contribution < -0.4 is 11.1 Å². The van der Waals surface area contributed by atoms with Crippen molar-refractivity contribution in [1.82, 2.24) is 10.3 Å². The Balaban J connectivity index is 2.71. The topological polar surface area (TPSA) is 68.0 Å². The minimum Gasteiger partial charge on any atom is -0.348 e. The van der Waals surface area contributed by atoms with Crippen LogP contribution in [0.1, 0.15) is 29.4 Å². The van der Waals surface area contributed by atoms with Crippen LogP contribution in [0.15, 0.2) is 18.3 Å². The van der Waals surface area contributed by atoms with Crippen molar-refractivity contribution in [2.24, 2.45) is 5.73 Å². The quantitative estimate of drug-likeness (QED) is 0.864. The molecule has 100 valence electrons. The van der Waals surface area contributed by atoms with Gasteiger partial charge < -0.3 is 11.1 Å². The average Bonchev–Trinajstić information content (AvgIpc) is 2.28. The molecule has 0 saturated carbocycles. The number of carbonyl (C=O) groups excluding carboxylic acids is 1. The fraction of sp³-hybridized carbons (Fsp3) is 0.455. The second kappa shape index (κ2) is 5.81. The molecule has 0 spiro atoms.